The monoisotopic (exact) mass is 209 g/mol. The Morgan fingerprint density at radius 1 is 1.07 bits per heavy atom. The first-order valence-electron chi connectivity index (χ1n) is 4.20. The summed E-state index contributed by atoms with van der Waals surface area (Å²) < 4.78 is 5.30. The van der Waals surface area contributed by atoms with Crippen LogP contribution in [-0.2, 0) is 0 Å². The zero-order chi connectivity index (χ0) is 9.26. The number of halogens is 1. The number of rotatable bonds is 1. The smallest absolute Gasteiger partial charge is 0.187 e. The summed E-state index contributed by atoms with van der Waals surface area (Å²) in [4.78, 5) is 0. The van der Waals surface area contributed by atoms with E-state index in [0.717, 1.165) is 16.8 Å². The van der Waals surface area contributed by atoms with Crippen LogP contribution in [0.5, 0.6) is 5.75 Å². The second-order valence-corrected chi connectivity index (χ2v) is 2.98. The fourth-order valence-corrected chi connectivity index (χ4v) is 1.53. The molecule has 2 rings (SSSR count). The van der Waals surface area contributed by atoms with E-state index in [1.165, 1.54) is 5.39 Å². The van der Waals surface area contributed by atoms with E-state index in [1.807, 2.05) is 24.3 Å². The van der Waals surface area contributed by atoms with Gasteiger partial charge in [-0.3, -0.25) is 0 Å². The van der Waals surface area contributed by atoms with Crippen molar-refractivity contribution in [3.63, 3.8) is 0 Å². The van der Waals surface area contributed by atoms with Crippen LogP contribution in [0.3, 0.4) is 0 Å². The second kappa shape index (κ2) is 4.31. The molecule has 3 heteroatoms. The number of benzene rings is 2. The Labute approximate surface area is 89.1 Å². The van der Waals surface area contributed by atoms with E-state index in [1.54, 1.807) is 7.11 Å². The van der Waals surface area contributed by atoms with Gasteiger partial charge in [-0.1, -0.05) is 24.3 Å². The maximum atomic E-state index is 5.30. The van der Waals surface area contributed by atoms with Crippen LogP contribution in [0.2, 0.25) is 0 Å². The zero-order valence-corrected chi connectivity index (χ0v) is 8.71. The van der Waals surface area contributed by atoms with Crippen LogP contribution in [0.4, 0.5) is 5.69 Å². The Morgan fingerprint density at radius 2 is 1.79 bits per heavy atom. The first kappa shape index (κ1) is 10.8. The molecule has 2 aromatic rings. The van der Waals surface area contributed by atoms with E-state index >= 15 is 0 Å². The summed E-state index contributed by atoms with van der Waals surface area (Å²) in [5.41, 5.74) is 4.85. The molecule has 0 aliphatic carbocycles. The lowest BCUT2D eigenvalue weighted by atomic mass is 10.1. The van der Waals surface area contributed by atoms with Crippen LogP contribution in [-0.4, -0.2) is 7.11 Å². The Balaban J connectivity index is 0.000000980. The minimum atomic E-state index is 0. The number of quaternary nitrogens is 1. The Hall–Kier alpha value is -1.25. The summed E-state index contributed by atoms with van der Waals surface area (Å²) in [6.07, 6.45) is 0. The summed E-state index contributed by atoms with van der Waals surface area (Å²) in [7, 11) is 1.68. The van der Waals surface area contributed by atoms with Crippen molar-refractivity contribution in [2.45, 2.75) is 0 Å². The molecule has 0 radical (unpaired) electrons. The van der Waals surface area contributed by atoms with E-state index < -0.39 is 0 Å². The zero-order valence-electron chi connectivity index (χ0n) is 7.96. The first-order chi connectivity index (χ1) is 6.33. The molecule has 0 aliphatic rings. The van der Waals surface area contributed by atoms with Gasteiger partial charge in [0.25, 0.3) is 0 Å². The van der Waals surface area contributed by atoms with Crippen molar-refractivity contribution in [3.8, 4) is 5.75 Å². The van der Waals surface area contributed by atoms with Crippen molar-refractivity contribution in [2.24, 2.45) is 0 Å². The fourth-order valence-electron chi connectivity index (χ4n) is 1.53. The van der Waals surface area contributed by atoms with Crippen molar-refractivity contribution in [1.29, 1.82) is 0 Å². The highest BCUT2D eigenvalue weighted by atomic mass is 35.5. The highest BCUT2D eigenvalue weighted by Crippen LogP contribution is 2.29. The van der Waals surface area contributed by atoms with Crippen molar-refractivity contribution in [1.82, 2.24) is 0 Å². The van der Waals surface area contributed by atoms with Gasteiger partial charge in [0, 0.05) is 11.5 Å². The second-order valence-electron chi connectivity index (χ2n) is 2.98. The molecule has 0 aliphatic heterocycles. The molecule has 0 heterocycles. The molecule has 0 atom stereocenters. The molecule has 0 fully saturated rings. The van der Waals surface area contributed by atoms with Crippen molar-refractivity contribution in [3.05, 3.63) is 36.4 Å². The van der Waals surface area contributed by atoms with E-state index in [-0.39, 0.29) is 12.4 Å². The number of hydrogen-bond donors (Lipinski definition) is 1. The summed E-state index contributed by atoms with van der Waals surface area (Å²) in [5.74, 6) is 0.873. The maximum absolute atomic E-state index is 5.30. The first-order valence-corrected chi connectivity index (χ1v) is 4.20. The number of hydrogen-bond acceptors (Lipinski definition) is 1. The lowest BCUT2D eigenvalue weighted by Gasteiger charge is -2.05. The SMILES string of the molecule is COc1c([NH3+])ccc2ccccc12.[Cl-]. The van der Waals surface area contributed by atoms with E-state index in [0.29, 0.717) is 0 Å². The predicted octanol–water partition coefficient (Wildman–Crippen LogP) is -1.27. The van der Waals surface area contributed by atoms with Gasteiger partial charge < -0.3 is 22.9 Å². The summed E-state index contributed by atoms with van der Waals surface area (Å²) in [6, 6.07) is 12.2. The highest BCUT2D eigenvalue weighted by molar-refractivity contribution is 5.91. The topological polar surface area (TPSA) is 36.9 Å². The molecule has 0 unspecified atom stereocenters. The van der Waals surface area contributed by atoms with Crippen LogP contribution >= 0.6 is 0 Å². The Kier molecular flexibility index (Phi) is 3.33. The van der Waals surface area contributed by atoms with Gasteiger partial charge in [-0.05, 0) is 11.5 Å². The van der Waals surface area contributed by atoms with Gasteiger partial charge in [-0.25, -0.2) is 0 Å². The lowest BCUT2D eigenvalue weighted by Crippen LogP contribution is -3.00. The van der Waals surface area contributed by atoms with Gasteiger partial charge in [-0.15, -0.1) is 0 Å². The molecular weight excluding hydrogens is 198 g/mol. The third-order valence-corrected chi connectivity index (χ3v) is 2.17. The molecule has 0 spiro atoms. The van der Waals surface area contributed by atoms with Crippen LogP contribution in [0, 0.1) is 0 Å². The van der Waals surface area contributed by atoms with Gasteiger partial charge in [-0.2, -0.15) is 0 Å². The molecular formula is C11H12ClNO. The van der Waals surface area contributed by atoms with E-state index in [2.05, 4.69) is 17.9 Å². The lowest BCUT2D eigenvalue weighted by molar-refractivity contribution is -0.256. The molecule has 2 aromatic carbocycles. The highest BCUT2D eigenvalue weighted by Gasteiger charge is 2.06. The molecule has 3 N–H and O–H groups in total. The quantitative estimate of drug-likeness (QED) is 0.625. The fraction of sp³-hybridized carbons (Fsp3) is 0.0909. The Morgan fingerprint density at radius 3 is 2.50 bits per heavy atom. The predicted molar refractivity (Wildman–Crippen MR) is 53.0 cm³/mol. The molecule has 0 bridgehead atoms. The van der Waals surface area contributed by atoms with Gasteiger partial charge in [0.15, 0.2) is 11.4 Å². The van der Waals surface area contributed by atoms with Gasteiger partial charge >= 0.3 is 0 Å². The molecule has 74 valence electrons. The largest absolute Gasteiger partial charge is 1.00 e. The van der Waals surface area contributed by atoms with E-state index in [4.69, 9.17) is 4.74 Å². The third-order valence-electron chi connectivity index (χ3n) is 2.17. The third kappa shape index (κ3) is 1.67. The van der Waals surface area contributed by atoms with Crippen LogP contribution in [0.25, 0.3) is 10.8 Å². The minimum Gasteiger partial charge on any atom is -1.00 e. The average Bonchev–Trinajstić information content (AvgIpc) is 2.18. The maximum Gasteiger partial charge on any atom is 0.187 e. The summed E-state index contributed by atoms with van der Waals surface area (Å²) in [5, 5.41) is 2.31. The van der Waals surface area contributed by atoms with E-state index in [9.17, 15) is 0 Å². The van der Waals surface area contributed by atoms with Crippen molar-refractivity contribution < 1.29 is 22.9 Å². The summed E-state index contributed by atoms with van der Waals surface area (Å²) >= 11 is 0. The standard InChI is InChI=1S/C11H11NO.ClH/c1-13-11-9-5-3-2-4-8(9)6-7-10(11)12;/h2-7H,12H2,1H3;1H. The Bertz CT molecular complexity index is 442. The summed E-state index contributed by atoms with van der Waals surface area (Å²) in [6.45, 7) is 0. The van der Waals surface area contributed by atoms with Crippen LogP contribution in [0.15, 0.2) is 36.4 Å². The molecule has 0 aromatic heterocycles. The normalized spacial score (nSPS) is 9.57. The minimum absolute atomic E-state index is 0. The molecule has 0 amide bonds. The van der Waals surface area contributed by atoms with Crippen LogP contribution in [0.1, 0.15) is 0 Å². The van der Waals surface area contributed by atoms with Gasteiger partial charge in [0.2, 0.25) is 0 Å². The molecule has 14 heavy (non-hydrogen) atoms. The van der Waals surface area contributed by atoms with Gasteiger partial charge in [0.05, 0.1) is 7.11 Å². The van der Waals surface area contributed by atoms with Gasteiger partial charge in [0.1, 0.15) is 0 Å². The number of methoxy groups -OCH3 is 1. The van der Waals surface area contributed by atoms with Crippen LogP contribution < -0.4 is 22.9 Å². The number of fused-ring (bicyclic) bond motifs is 1. The molecule has 2 nitrogen and oxygen atoms in total. The molecule has 0 saturated heterocycles. The number of ether oxygens (including phenoxy) is 1. The van der Waals surface area contributed by atoms with Crippen molar-refractivity contribution >= 4 is 16.5 Å². The van der Waals surface area contributed by atoms with Crippen molar-refractivity contribution in [2.75, 3.05) is 7.11 Å². The molecule has 0 saturated carbocycles. The average molecular weight is 210 g/mol.